The molecule has 1 aromatic heterocycles. The van der Waals surface area contributed by atoms with Crippen molar-refractivity contribution < 1.29 is 9.53 Å². The van der Waals surface area contributed by atoms with Crippen LogP contribution in [0.15, 0.2) is 78.9 Å². The maximum absolute atomic E-state index is 12.2. The summed E-state index contributed by atoms with van der Waals surface area (Å²) in [5, 5.41) is 3.70. The summed E-state index contributed by atoms with van der Waals surface area (Å²) in [6, 6.07) is 25.3. The minimum absolute atomic E-state index is 0.0427. The summed E-state index contributed by atoms with van der Waals surface area (Å²) in [7, 11) is 0. The number of ether oxygens (including phenoxy) is 1. The second-order valence-electron chi connectivity index (χ2n) is 7.59. The highest BCUT2D eigenvalue weighted by molar-refractivity contribution is 6.30. The van der Waals surface area contributed by atoms with Crippen LogP contribution < -0.4 is 10.1 Å². The number of benzene rings is 3. The molecule has 6 heteroatoms. The van der Waals surface area contributed by atoms with Crippen LogP contribution in [0.1, 0.15) is 17.8 Å². The Labute approximate surface area is 193 Å². The molecule has 4 rings (SSSR count). The average Bonchev–Trinajstić information content (AvgIpc) is 3.16. The number of fused-ring (bicyclic) bond motifs is 1. The molecule has 0 aliphatic heterocycles. The summed E-state index contributed by atoms with van der Waals surface area (Å²) in [6.07, 6.45) is 2.00. The third-order valence-corrected chi connectivity index (χ3v) is 5.49. The SMILES string of the molecule is O=C(Cc1ccccc1)NCCCc1nc2ccccc2n1CCOc1ccc(Cl)cc1. The number of aryl methyl sites for hydroxylation is 1. The van der Waals surface area contributed by atoms with Gasteiger partial charge in [-0.1, -0.05) is 54.1 Å². The molecule has 4 aromatic rings. The van der Waals surface area contributed by atoms with Crippen molar-refractivity contribution in [1.82, 2.24) is 14.9 Å². The van der Waals surface area contributed by atoms with E-state index in [2.05, 4.69) is 16.0 Å². The van der Waals surface area contributed by atoms with E-state index >= 15 is 0 Å². The number of carbonyl (C=O) groups excluding carboxylic acids is 1. The summed E-state index contributed by atoms with van der Waals surface area (Å²) in [4.78, 5) is 17.0. The van der Waals surface area contributed by atoms with Crippen molar-refractivity contribution in [1.29, 1.82) is 0 Å². The first kappa shape index (κ1) is 21.9. The van der Waals surface area contributed by atoms with Crippen LogP contribution in [0.2, 0.25) is 5.02 Å². The fraction of sp³-hybridized carbons (Fsp3) is 0.231. The summed E-state index contributed by atoms with van der Waals surface area (Å²) in [6.45, 7) is 1.85. The first-order valence-electron chi connectivity index (χ1n) is 10.8. The molecule has 5 nitrogen and oxygen atoms in total. The second kappa shape index (κ2) is 10.8. The monoisotopic (exact) mass is 447 g/mol. The summed E-state index contributed by atoms with van der Waals surface area (Å²) < 4.78 is 8.09. The standard InChI is InChI=1S/C26H26ClN3O2/c27-21-12-14-22(15-13-21)32-18-17-30-24-10-5-4-9-23(24)29-25(30)11-6-16-28-26(31)19-20-7-2-1-3-8-20/h1-5,7-10,12-15H,6,11,16-19H2,(H,28,31). The van der Waals surface area contributed by atoms with Crippen molar-refractivity contribution in [3.05, 3.63) is 95.3 Å². The van der Waals surface area contributed by atoms with E-state index in [0.717, 1.165) is 41.0 Å². The van der Waals surface area contributed by atoms with Crippen LogP contribution in [0.4, 0.5) is 0 Å². The Morgan fingerprint density at radius 3 is 2.53 bits per heavy atom. The number of amides is 1. The first-order valence-corrected chi connectivity index (χ1v) is 11.2. The Bertz CT molecular complexity index is 1160. The molecule has 0 saturated heterocycles. The lowest BCUT2D eigenvalue weighted by Gasteiger charge is -2.11. The van der Waals surface area contributed by atoms with E-state index in [4.69, 9.17) is 21.3 Å². The molecule has 0 saturated carbocycles. The molecule has 0 aliphatic rings. The van der Waals surface area contributed by atoms with Gasteiger partial charge in [0.05, 0.1) is 24.0 Å². The van der Waals surface area contributed by atoms with E-state index in [0.29, 0.717) is 31.1 Å². The van der Waals surface area contributed by atoms with Crippen molar-refractivity contribution in [2.45, 2.75) is 25.8 Å². The number of rotatable bonds is 10. The Morgan fingerprint density at radius 1 is 0.969 bits per heavy atom. The van der Waals surface area contributed by atoms with Gasteiger partial charge >= 0.3 is 0 Å². The van der Waals surface area contributed by atoms with E-state index in [1.54, 1.807) is 0 Å². The topological polar surface area (TPSA) is 56.2 Å². The number of aromatic nitrogens is 2. The predicted molar refractivity (Wildman–Crippen MR) is 128 cm³/mol. The molecule has 0 aliphatic carbocycles. The number of nitrogens with zero attached hydrogens (tertiary/aromatic N) is 2. The lowest BCUT2D eigenvalue weighted by atomic mass is 10.1. The molecule has 0 unspecified atom stereocenters. The van der Waals surface area contributed by atoms with Gasteiger partial charge in [-0.25, -0.2) is 4.98 Å². The van der Waals surface area contributed by atoms with Crippen LogP contribution in [0.25, 0.3) is 11.0 Å². The molecule has 0 spiro atoms. The molecule has 0 atom stereocenters. The number of hydrogen-bond acceptors (Lipinski definition) is 3. The maximum Gasteiger partial charge on any atom is 0.224 e. The zero-order valence-corrected chi connectivity index (χ0v) is 18.6. The smallest absolute Gasteiger partial charge is 0.224 e. The Balaban J connectivity index is 1.32. The zero-order valence-electron chi connectivity index (χ0n) is 17.8. The van der Waals surface area contributed by atoms with Crippen LogP contribution in [0.5, 0.6) is 5.75 Å². The number of para-hydroxylation sites is 2. The normalized spacial score (nSPS) is 10.9. The average molecular weight is 448 g/mol. The minimum Gasteiger partial charge on any atom is -0.492 e. The fourth-order valence-corrected chi connectivity index (χ4v) is 3.80. The molecule has 1 N–H and O–H groups in total. The van der Waals surface area contributed by atoms with E-state index in [1.807, 2.05) is 72.8 Å². The number of nitrogens with one attached hydrogen (secondary N) is 1. The second-order valence-corrected chi connectivity index (χ2v) is 8.02. The van der Waals surface area contributed by atoms with Crippen molar-refractivity contribution in [2.75, 3.05) is 13.2 Å². The van der Waals surface area contributed by atoms with Crippen LogP contribution in [-0.4, -0.2) is 28.6 Å². The van der Waals surface area contributed by atoms with Crippen LogP contribution in [0.3, 0.4) is 0 Å². The largest absolute Gasteiger partial charge is 0.492 e. The molecule has 3 aromatic carbocycles. The quantitative estimate of drug-likeness (QED) is 0.346. The molecule has 0 bridgehead atoms. The van der Waals surface area contributed by atoms with Crippen LogP contribution >= 0.6 is 11.6 Å². The molecule has 0 fully saturated rings. The van der Waals surface area contributed by atoms with E-state index in [9.17, 15) is 4.79 Å². The third-order valence-electron chi connectivity index (χ3n) is 5.24. The molecule has 0 radical (unpaired) electrons. The maximum atomic E-state index is 12.2. The Kier molecular flexibility index (Phi) is 7.41. The third kappa shape index (κ3) is 5.89. The van der Waals surface area contributed by atoms with Gasteiger partial charge in [0.2, 0.25) is 5.91 Å². The number of carbonyl (C=O) groups is 1. The summed E-state index contributed by atoms with van der Waals surface area (Å²) in [5.41, 5.74) is 3.09. The van der Waals surface area contributed by atoms with Crippen molar-refractivity contribution >= 4 is 28.5 Å². The van der Waals surface area contributed by atoms with E-state index in [1.165, 1.54) is 0 Å². The van der Waals surface area contributed by atoms with Gasteiger partial charge < -0.3 is 14.6 Å². The van der Waals surface area contributed by atoms with Gasteiger partial charge in [-0.2, -0.15) is 0 Å². The van der Waals surface area contributed by atoms with Crippen molar-refractivity contribution in [3.63, 3.8) is 0 Å². The van der Waals surface area contributed by atoms with Gasteiger partial charge in [0.25, 0.3) is 0 Å². The molecular formula is C26H26ClN3O2. The van der Waals surface area contributed by atoms with Crippen molar-refractivity contribution in [2.24, 2.45) is 0 Å². The zero-order chi connectivity index (χ0) is 22.2. The minimum atomic E-state index is 0.0427. The Morgan fingerprint density at radius 2 is 1.72 bits per heavy atom. The highest BCUT2D eigenvalue weighted by Gasteiger charge is 2.11. The number of hydrogen-bond donors (Lipinski definition) is 1. The highest BCUT2D eigenvalue weighted by atomic mass is 35.5. The molecule has 164 valence electrons. The van der Waals surface area contributed by atoms with E-state index in [-0.39, 0.29) is 5.91 Å². The van der Waals surface area contributed by atoms with Crippen molar-refractivity contribution in [3.8, 4) is 5.75 Å². The molecule has 32 heavy (non-hydrogen) atoms. The molecule has 1 amide bonds. The number of halogens is 1. The highest BCUT2D eigenvalue weighted by Crippen LogP contribution is 2.19. The molecule has 1 heterocycles. The van der Waals surface area contributed by atoms with Gasteiger partial charge in [-0.15, -0.1) is 0 Å². The van der Waals surface area contributed by atoms with Gasteiger partial charge in [0, 0.05) is 18.0 Å². The number of imidazole rings is 1. The molecular weight excluding hydrogens is 422 g/mol. The first-order chi connectivity index (χ1) is 15.7. The summed E-state index contributed by atoms with van der Waals surface area (Å²) >= 11 is 5.94. The van der Waals surface area contributed by atoms with Crippen LogP contribution in [-0.2, 0) is 24.2 Å². The predicted octanol–water partition coefficient (Wildman–Crippen LogP) is 5.06. The lowest BCUT2D eigenvalue weighted by molar-refractivity contribution is -0.120. The van der Waals surface area contributed by atoms with Gasteiger partial charge in [0.15, 0.2) is 0 Å². The lowest BCUT2D eigenvalue weighted by Crippen LogP contribution is -2.26. The van der Waals surface area contributed by atoms with E-state index < -0.39 is 0 Å². The van der Waals surface area contributed by atoms with Gasteiger partial charge in [0.1, 0.15) is 18.2 Å². The van der Waals surface area contributed by atoms with Gasteiger partial charge in [-0.05, 0) is 48.4 Å². The summed E-state index contributed by atoms with van der Waals surface area (Å²) in [5.74, 6) is 1.84. The fourth-order valence-electron chi connectivity index (χ4n) is 3.67. The van der Waals surface area contributed by atoms with Gasteiger partial charge in [-0.3, -0.25) is 4.79 Å². The van der Waals surface area contributed by atoms with Crippen LogP contribution in [0, 0.1) is 0 Å². The Hall–Kier alpha value is -3.31.